The molecule has 0 aliphatic heterocycles. The first kappa shape index (κ1) is 13.0. The number of aryl methyl sites for hydroxylation is 2. The molecule has 2 aromatic rings. The fourth-order valence-corrected chi connectivity index (χ4v) is 1.73. The maximum absolute atomic E-state index is 13.8. The highest BCUT2D eigenvalue weighted by Gasteiger charge is 2.14. The van der Waals surface area contributed by atoms with Crippen LogP contribution in [0.2, 0.25) is 0 Å². The van der Waals surface area contributed by atoms with Crippen molar-refractivity contribution in [3.8, 4) is 0 Å². The van der Waals surface area contributed by atoms with E-state index >= 15 is 0 Å². The first-order valence-electron chi connectivity index (χ1n) is 5.77. The van der Waals surface area contributed by atoms with Gasteiger partial charge in [0.25, 0.3) is 5.91 Å². The first-order valence-corrected chi connectivity index (χ1v) is 5.77. The van der Waals surface area contributed by atoms with E-state index in [0.29, 0.717) is 17.1 Å². The molecule has 0 saturated carbocycles. The number of nitrogens with one attached hydrogen (secondary N) is 1. The Morgan fingerprint density at radius 2 is 2.05 bits per heavy atom. The lowest BCUT2D eigenvalue weighted by atomic mass is 10.1. The fourth-order valence-electron chi connectivity index (χ4n) is 1.73. The van der Waals surface area contributed by atoms with E-state index in [1.165, 1.54) is 12.3 Å². The summed E-state index contributed by atoms with van der Waals surface area (Å²) in [7, 11) is 0. The molecule has 0 bridgehead atoms. The van der Waals surface area contributed by atoms with Crippen molar-refractivity contribution in [3.05, 3.63) is 53.0 Å². The van der Waals surface area contributed by atoms with Crippen LogP contribution in [0.5, 0.6) is 0 Å². The molecule has 0 spiro atoms. The molecule has 0 aliphatic rings. The second kappa shape index (κ2) is 5.06. The maximum Gasteiger partial charge on any atom is 0.259 e. The van der Waals surface area contributed by atoms with Crippen LogP contribution in [0.3, 0.4) is 0 Å². The summed E-state index contributed by atoms with van der Waals surface area (Å²) < 4.78 is 13.8. The molecule has 0 atom stereocenters. The van der Waals surface area contributed by atoms with Crippen LogP contribution in [0.1, 0.15) is 21.5 Å². The number of aromatic nitrogens is 1. The number of carbonyl (C=O) groups excluding carboxylic acids is 1. The largest absolute Gasteiger partial charge is 0.397 e. The molecule has 0 radical (unpaired) electrons. The normalized spacial score (nSPS) is 10.3. The Bertz CT molecular complexity index is 641. The highest BCUT2D eigenvalue weighted by atomic mass is 19.1. The van der Waals surface area contributed by atoms with E-state index in [-0.39, 0.29) is 5.56 Å². The highest BCUT2D eigenvalue weighted by Crippen LogP contribution is 2.17. The second-order valence-electron chi connectivity index (χ2n) is 4.32. The lowest BCUT2D eigenvalue weighted by Crippen LogP contribution is -2.16. The number of hydrogen-bond acceptors (Lipinski definition) is 3. The van der Waals surface area contributed by atoms with E-state index in [1.54, 1.807) is 32.0 Å². The Morgan fingerprint density at radius 3 is 2.74 bits per heavy atom. The van der Waals surface area contributed by atoms with Gasteiger partial charge in [-0.3, -0.25) is 4.79 Å². The van der Waals surface area contributed by atoms with Crippen molar-refractivity contribution in [3.63, 3.8) is 0 Å². The van der Waals surface area contributed by atoms with Gasteiger partial charge in [-0.15, -0.1) is 0 Å². The number of nitrogens with two attached hydrogens (primary N) is 1. The second-order valence-corrected chi connectivity index (χ2v) is 4.32. The molecule has 0 aliphatic carbocycles. The van der Waals surface area contributed by atoms with Gasteiger partial charge in [0.05, 0.1) is 17.4 Å². The van der Waals surface area contributed by atoms with Crippen molar-refractivity contribution in [1.29, 1.82) is 0 Å². The molecule has 1 heterocycles. The van der Waals surface area contributed by atoms with Gasteiger partial charge in [-0.2, -0.15) is 0 Å². The third-order valence-electron chi connectivity index (χ3n) is 2.77. The zero-order chi connectivity index (χ0) is 14.0. The minimum Gasteiger partial charge on any atom is -0.397 e. The van der Waals surface area contributed by atoms with E-state index < -0.39 is 11.7 Å². The van der Waals surface area contributed by atoms with Gasteiger partial charge in [-0.1, -0.05) is 12.1 Å². The van der Waals surface area contributed by atoms with Gasteiger partial charge in [-0.25, -0.2) is 9.37 Å². The molecule has 2 rings (SSSR count). The Hall–Kier alpha value is -2.43. The van der Waals surface area contributed by atoms with E-state index in [9.17, 15) is 9.18 Å². The Kier molecular flexibility index (Phi) is 3.46. The number of hydrogen-bond donors (Lipinski definition) is 2. The van der Waals surface area contributed by atoms with Gasteiger partial charge >= 0.3 is 0 Å². The van der Waals surface area contributed by atoms with Crippen LogP contribution in [0.15, 0.2) is 30.5 Å². The minimum atomic E-state index is -0.526. The molecule has 3 N–H and O–H groups in total. The molecule has 4 nitrogen and oxygen atoms in total. The van der Waals surface area contributed by atoms with Gasteiger partial charge < -0.3 is 11.1 Å². The van der Waals surface area contributed by atoms with E-state index in [0.717, 1.165) is 5.56 Å². The average molecular weight is 259 g/mol. The van der Waals surface area contributed by atoms with Crippen LogP contribution < -0.4 is 11.1 Å². The fraction of sp³-hybridized carbons (Fsp3) is 0.143. The summed E-state index contributed by atoms with van der Waals surface area (Å²) in [5.74, 6) is -0.672. The van der Waals surface area contributed by atoms with Crippen molar-refractivity contribution in [2.45, 2.75) is 13.8 Å². The van der Waals surface area contributed by atoms with Gasteiger partial charge in [0.1, 0.15) is 11.6 Å². The molecule has 1 aromatic heterocycles. The monoisotopic (exact) mass is 259 g/mol. The molecular weight excluding hydrogens is 245 g/mol. The number of nitrogens with zero attached hydrogens (tertiary/aromatic N) is 1. The lowest BCUT2D eigenvalue weighted by Gasteiger charge is -2.09. The topological polar surface area (TPSA) is 68.0 Å². The predicted octanol–water partition coefficient (Wildman–Crippen LogP) is 2.67. The van der Waals surface area contributed by atoms with E-state index in [4.69, 9.17) is 5.73 Å². The van der Waals surface area contributed by atoms with Crippen molar-refractivity contribution in [1.82, 2.24) is 4.98 Å². The standard InChI is InChI=1S/C14H14FN3O/c1-8-4-3-5-11(12(8)15)14(19)18-13-9(2)6-10(16)7-17-13/h3-7H,16H2,1-2H3,(H,17,18,19). The Morgan fingerprint density at radius 1 is 1.32 bits per heavy atom. The smallest absolute Gasteiger partial charge is 0.259 e. The number of amides is 1. The van der Waals surface area contributed by atoms with Crippen molar-refractivity contribution in [2.75, 3.05) is 11.1 Å². The molecule has 19 heavy (non-hydrogen) atoms. The van der Waals surface area contributed by atoms with Crippen molar-refractivity contribution >= 4 is 17.4 Å². The predicted molar refractivity (Wildman–Crippen MR) is 72.5 cm³/mol. The lowest BCUT2D eigenvalue weighted by molar-refractivity contribution is 0.102. The summed E-state index contributed by atoms with van der Waals surface area (Å²) in [5, 5.41) is 2.58. The maximum atomic E-state index is 13.8. The van der Waals surface area contributed by atoms with Gasteiger partial charge in [0, 0.05) is 0 Å². The number of anilines is 2. The summed E-state index contributed by atoms with van der Waals surface area (Å²) in [6.45, 7) is 3.38. The third kappa shape index (κ3) is 2.70. The number of pyridine rings is 1. The molecule has 0 fully saturated rings. The van der Waals surface area contributed by atoms with Crippen molar-refractivity contribution in [2.24, 2.45) is 0 Å². The molecule has 5 heteroatoms. The number of nitrogen functional groups attached to an aromatic ring is 1. The molecule has 0 unspecified atom stereocenters. The quantitative estimate of drug-likeness (QED) is 0.871. The van der Waals surface area contributed by atoms with Gasteiger partial charge in [-0.05, 0) is 37.1 Å². The molecule has 0 saturated heterocycles. The van der Waals surface area contributed by atoms with Gasteiger partial charge in [0.15, 0.2) is 0 Å². The van der Waals surface area contributed by atoms with Crippen LogP contribution in [0, 0.1) is 19.7 Å². The van der Waals surface area contributed by atoms with E-state index in [2.05, 4.69) is 10.3 Å². The third-order valence-corrected chi connectivity index (χ3v) is 2.77. The number of halogens is 1. The number of benzene rings is 1. The zero-order valence-corrected chi connectivity index (χ0v) is 10.7. The molecular formula is C14H14FN3O. The molecule has 1 aromatic carbocycles. The Balaban J connectivity index is 2.28. The summed E-state index contributed by atoms with van der Waals surface area (Å²) in [5.41, 5.74) is 7.24. The first-order chi connectivity index (χ1) is 8.99. The Labute approximate surface area is 110 Å². The van der Waals surface area contributed by atoms with Crippen LogP contribution >= 0.6 is 0 Å². The van der Waals surface area contributed by atoms with Crippen LogP contribution in [0.4, 0.5) is 15.9 Å². The van der Waals surface area contributed by atoms with Crippen molar-refractivity contribution < 1.29 is 9.18 Å². The zero-order valence-electron chi connectivity index (χ0n) is 10.7. The summed E-state index contributed by atoms with van der Waals surface area (Å²) in [6, 6.07) is 6.37. The van der Waals surface area contributed by atoms with E-state index in [1.807, 2.05) is 0 Å². The average Bonchev–Trinajstić information content (AvgIpc) is 2.36. The summed E-state index contributed by atoms with van der Waals surface area (Å²) >= 11 is 0. The minimum absolute atomic E-state index is 0.00183. The van der Waals surface area contributed by atoms with Gasteiger partial charge in [0.2, 0.25) is 0 Å². The summed E-state index contributed by atoms with van der Waals surface area (Å²) in [4.78, 5) is 16.0. The highest BCUT2D eigenvalue weighted by molar-refractivity contribution is 6.04. The van der Waals surface area contributed by atoms with Crippen LogP contribution in [0.25, 0.3) is 0 Å². The molecule has 98 valence electrons. The molecule has 1 amide bonds. The van der Waals surface area contributed by atoms with Crippen LogP contribution in [-0.2, 0) is 0 Å². The number of carbonyl (C=O) groups is 1. The summed E-state index contributed by atoms with van der Waals surface area (Å²) in [6.07, 6.45) is 1.44. The SMILES string of the molecule is Cc1cc(N)cnc1NC(=O)c1cccc(C)c1F. The number of rotatable bonds is 2. The van der Waals surface area contributed by atoms with Crippen LogP contribution in [-0.4, -0.2) is 10.9 Å².